The van der Waals surface area contributed by atoms with Gasteiger partial charge in [0.05, 0.1) is 7.11 Å². The predicted molar refractivity (Wildman–Crippen MR) is 37.5 cm³/mol. The molecule has 0 aliphatic carbocycles. The lowest BCUT2D eigenvalue weighted by Crippen LogP contribution is -2.04. The van der Waals surface area contributed by atoms with Gasteiger partial charge in [-0.2, -0.15) is 0 Å². The van der Waals surface area contributed by atoms with E-state index in [0.717, 1.165) is 0 Å². The van der Waals surface area contributed by atoms with E-state index in [9.17, 15) is 4.79 Å². The van der Waals surface area contributed by atoms with Crippen LogP contribution in [0.1, 0.15) is 6.92 Å². The number of carboxylic acids is 1. The molecule has 0 bridgehead atoms. The van der Waals surface area contributed by atoms with Crippen LogP contribution in [0.2, 0.25) is 0 Å². The highest BCUT2D eigenvalue weighted by Gasteiger charge is 2.08. The average Bonchev–Trinajstić information content (AvgIpc) is 1.88. The molecule has 0 radical (unpaired) electrons. The molecule has 3 nitrogen and oxygen atoms in total. The zero-order valence-corrected chi connectivity index (χ0v) is 6.05. The van der Waals surface area contributed by atoms with Crippen LogP contribution in [0.5, 0.6) is 0 Å². The van der Waals surface area contributed by atoms with E-state index < -0.39 is 5.97 Å². The second-order valence-corrected chi connectivity index (χ2v) is 1.73. The standard InChI is InChI=1S/C7H10O3/c1-4-5(2)6(10-3)7(8)9/h4H,1H2,2-3H3,(H,8,9)/b6-5-. The zero-order valence-electron chi connectivity index (χ0n) is 6.05. The molecule has 0 saturated heterocycles. The molecule has 0 aromatic carbocycles. The van der Waals surface area contributed by atoms with Gasteiger partial charge in [0.1, 0.15) is 0 Å². The third-order valence-electron chi connectivity index (χ3n) is 1.06. The fourth-order valence-electron chi connectivity index (χ4n) is 0.510. The molecule has 0 atom stereocenters. The van der Waals surface area contributed by atoms with E-state index in [2.05, 4.69) is 11.3 Å². The molecule has 0 spiro atoms. The molecule has 0 unspecified atom stereocenters. The van der Waals surface area contributed by atoms with Gasteiger partial charge in [-0.15, -0.1) is 0 Å². The van der Waals surface area contributed by atoms with Gasteiger partial charge < -0.3 is 9.84 Å². The van der Waals surface area contributed by atoms with Crippen LogP contribution in [-0.4, -0.2) is 18.2 Å². The molecule has 0 aliphatic heterocycles. The maximum atomic E-state index is 10.3. The van der Waals surface area contributed by atoms with Gasteiger partial charge in [-0.05, 0) is 12.5 Å². The summed E-state index contributed by atoms with van der Waals surface area (Å²) < 4.78 is 4.57. The molecular formula is C7H10O3. The Kier molecular flexibility index (Phi) is 3.25. The van der Waals surface area contributed by atoms with E-state index >= 15 is 0 Å². The van der Waals surface area contributed by atoms with Crippen molar-refractivity contribution in [2.24, 2.45) is 0 Å². The number of allylic oxidation sites excluding steroid dienone is 2. The Morgan fingerprint density at radius 1 is 1.70 bits per heavy atom. The van der Waals surface area contributed by atoms with Crippen LogP contribution in [0.4, 0.5) is 0 Å². The Bertz CT molecular complexity index is 179. The molecule has 3 heteroatoms. The zero-order chi connectivity index (χ0) is 8.15. The van der Waals surface area contributed by atoms with E-state index in [1.807, 2.05) is 0 Å². The molecule has 0 rings (SSSR count). The summed E-state index contributed by atoms with van der Waals surface area (Å²) >= 11 is 0. The quantitative estimate of drug-likeness (QED) is 0.365. The first-order chi connectivity index (χ1) is 4.63. The highest BCUT2D eigenvalue weighted by Crippen LogP contribution is 2.04. The van der Waals surface area contributed by atoms with E-state index in [1.54, 1.807) is 6.92 Å². The molecule has 10 heavy (non-hydrogen) atoms. The first kappa shape index (κ1) is 8.75. The maximum Gasteiger partial charge on any atom is 0.371 e. The fourth-order valence-corrected chi connectivity index (χ4v) is 0.510. The van der Waals surface area contributed by atoms with Gasteiger partial charge in [0.2, 0.25) is 5.76 Å². The van der Waals surface area contributed by atoms with Crippen molar-refractivity contribution in [3.63, 3.8) is 0 Å². The van der Waals surface area contributed by atoms with Gasteiger partial charge in [0.25, 0.3) is 0 Å². The minimum atomic E-state index is -1.07. The summed E-state index contributed by atoms with van der Waals surface area (Å²) in [5.41, 5.74) is 0.523. The largest absolute Gasteiger partial charge is 0.490 e. The molecular weight excluding hydrogens is 132 g/mol. The number of methoxy groups -OCH3 is 1. The Morgan fingerprint density at radius 2 is 2.20 bits per heavy atom. The van der Waals surface area contributed by atoms with E-state index in [-0.39, 0.29) is 5.76 Å². The number of carboxylic acid groups (broad SMARTS) is 1. The minimum absolute atomic E-state index is 0.0602. The topological polar surface area (TPSA) is 46.5 Å². The third-order valence-corrected chi connectivity index (χ3v) is 1.06. The molecule has 0 amide bonds. The number of hydrogen-bond acceptors (Lipinski definition) is 2. The summed E-state index contributed by atoms with van der Waals surface area (Å²) in [7, 11) is 1.32. The number of aliphatic carboxylic acids is 1. The minimum Gasteiger partial charge on any atom is -0.490 e. The van der Waals surface area contributed by atoms with Gasteiger partial charge in [-0.3, -0.25) is 0 Å². The van der Waals surface area contributed by atoms with Gasteiger partial charge >= 0.3 is 5.97 Å². The van der Waals surface area contributed by atoms with Crippen molar-refractivity contribution in [3.8, 4) is 0 Å². The summed E-state index contributed by atoms with van der Waals surface area (Å²) in [5, 5.41) is 8.44. The third kappa shape index (κ3) is 1.93. The number of rotatable bonds is 3. The van der Waals surface area contributed by atoms with E-state index in [4.69, 9.17) is 5.11 Å². The van der Waals surface area contributed by atoms with Crippen molar-refractivity contribution >= 4 is 5.97 Å². The SMILES string of the molecule is C=C/C(C)=C(\OC)C(=O)O. The summed E-state index contributed by atoms with van der Waals surface area (Å²) in [4.78, 5) is 10.3. The van der Waals surface area contributed by atoms with Crippen LogP contribution in [-0.2, 0) is 9.53 Å². The number of carbonyl (C=O) groups is 1. The fraction of sp³-hybridized carbons (Fsp3) is 0.286. The molecule has 0 aromatic heterocycles. The monoisotopic (exact) mass is 142 g/mol. The number of hydrogen-bond donors (Lipinski definition) is 1. The van der Waals surface area contributed by atoms with Gasteiger partial charge in [-0.25, -0.2) is 4.79 Å². The van der Waals surface area contributed by atoms with Crippen molar-refractivity contribution in [1.29, 1.82) is 0 Å². The van der Waals surface area contributed by atoms with Crippen molar-refractivity contribution in [2.75, 3.05) is 7.11 Å². The van der Waals surface area contributed by atoms with Crippen molar-refractivity contribution in [3.05, 3.63) is 24.0 Å². The molecule has 56 valence electrons. The van der Waals surface area contributed by atoms with Crippen molar-refractivity contribution < 1.29 is 14.6 Å². The molecule has 1 N–H and O–H groups in total. The maximum absolute atomic E-state index is 10.3. The average molecular weight is 142 g/mol. The first-order valence-corrected chi connectivity index (χ1v) is 2.74. The van der Waals surface area contributed by atoms with Crippen LogP contribution >= 0.6 is 0 Å². The van der Waals surface area contributed by atoms with Crippen LogP contribution in [0.3, 0.4) is 0 Å². The lowest BCUT2D eigenvalue weighted by atomic mass is 10.2. The van der Waals surface area contributed by atoms with Crippen molar-refractivity contribution in [2.45, 2.75) is 6.92 Å². The van der Waals surface area contributed by atoms with E-state index in [1.165, 1.54) is 13.2 Å². The normalized spacial score (nSPS) is 11.8. The van der Waals surface area contributed by atoms with Gasteiger partial charge in [0.15, 0.2) is 0 Å². The summed E-state index contributed by atoms with van der Waals surface area (Å²) in [6.07, 6.45) is 1.44. The first-order valence-electron chi connectivity index (χ1n) is 2.74. The number of ether oxygens (including phenoxy) is 1. The van der Waals surface area contributed by atoms with E-state index in [0.29, 0.717) is 5.57 Å². The van der Waals surface area contributed by atoms with Gasteiger partial charge in [-0.1, -0.05) is 12.7 Å². The summed E-state index contributed by atoms with van der Waals surface area (Å²) in [5.74, 6) is -1.13. The second kappa shape index (κ2) is 3.71. The van der Waals surface area contributed by atoms with Crippen LogP contribution in [0.25, 0.3) is 0 Å². The Hall–Kier alpha value is -1.25. The van der Waals surface area contributed by atoms with Crippen LogP contribution < -0.4 is 0 Å². The summed E-state index contributed by atoms with van der Waals surface area (Å²) in [6, 6.07) is 0. The lowest BCUT2D eigenvalue weighted by Gasteiger charge is -2.01. The predicted octanol–water partition coefficient (Wildman–Crippen LogP) is 1.18. The molecule has 0 aliphatic rings. The lowest BCUT2D eigenvalue weighted by molar-refractivity contribution is -0.136. The molecule has 0 heterocycles. The van der Waals surface area contributed by atoms with Gasteiger partial charge in [0, 0.05) is 0 Å². The molecule has 0 fully saturated rings. The highest BCUT2D eigenvalue weighted by molar-refractivity contribution is 5.85. The van der Waals surface area contributed by atoms with Crippen LogP contribution in [0.15, 0.2) is 24.0 Å². The Morgan fingerprint density at radius 3 is 2.30 bits per heavy atom. The molecule has 0 aromatic rings. The Labute approximate surface area is 59.6 Å². The van der Waals surface area contributed by atoms with Crippen molar-refractivity contribution in [1.82, 2.24) is 0 Å². The molecule has 0 saturated carbocycles. The highest BCUT2D eigenvalue weighted by atomic mass is 16.5. The second-order valence-electron chi connectivity index (χ2n) is 1.73. The Balaban J connectivity index is 4.62. The summed E-state index contributed by atoms with van der Waals surface area (Å²) in [6.45, 7) is 5.04. The smallest absolute Gasteiger partial charge is 0.371 e. The van der Waals surface area contributed by atoms with Crippen LogP contribution in [0, 0.1) is 0 Å².